The van der Waals surface area contributed by atoms with Gasteiger partial charge in [0.1, 0.15) is 0 Å². The molecule has 0 aliphatic rings. The highest BCUT2D eigenvalue weighted by Crippen LogP contribution is 2.20. The van der Waals surface area contributed by atoms with Crippen molar-refractivity contribution in [1.82, 2.24) is 15.6 Å². The highest BCUT2D eigenvalue weighted by atomic mass is 16.3. The molecule has 6 heteroatoms. The molecule has 154 valence electrons. The lowest BCUT2D eigenvalue weighted by Gasteiger charge is -2.18. The van der Waals surface area contributed by atoms with E-state index >= 15 is 0 Å². The maximum absolute atomic E-state index is 12.7. The van der Waals surface area contributed by atoms with E-state index in [4.69, 9.17) is 0 Å². The van der Waals surface area contributed by atoms with E-state index < -0.39 is 6.04 Å². The van der Waals surface area contributed by atoms with E-state index in [1.54, 1.807) is 48.8 Å². The van der Waals surface area contributed by atoms with E-state index in [1.165, 1.54) is 0 Å². The van der Waals surface area contributed by atoms with Gasteiger partial charge in [0.2, 0.25) is 0 Å². The van der Waals surface area contributed by atoms with Crippen LogP contribution in [-0.4, -0.2) is 34.6 Å². The molecule has 0 fully saturated rings. The van der Waals surface area contributed by atoms with Gasteiger partial charge in [0, 0.05) is 29.6 Å². The Bertz CT molecular complexity index is 1000. The molecule has 2 amide bonds. The minimum atomic E-state index is -0.621. The zero-order valence-corrected chi connectivity index (χ0v) is 17.0. The Morgan fingerprint density at radius 2 is 1.50 bits per heavy atom. The van der Waals surface area contributed by atoms with E-state index in [2.05, 4.69) is 15.6 Å². The van der Waals surface area contributed by atoms with Crippen molar-refractivity contribution in [3.63, 3.8) is 0 Å². The lowest BCUT2D eigenvalue weighted by atomic mass is 10.0. The summed E-state index contributed by atoms with van der Waals surface area (Å²) < 4.78 is 0. The number of nitrogens with zero attached hydrogens (tertiary/aromatic N) is 1. The lowest BCUT2D eigenvalue weighted by Crippen LogP contribution is -2.32. The fourth-order valence-electron chi connectivity index (χ4n) is 3.08. The summed E-state index contributed by atoms with van der Waals surface area (Å²) in [6, 6.07) is 17.3. The highest BCUT2D eigenvalue weighted by Gasteiger charge is 2.17. The number of carbonyl (C=O) groups is 2. The van der Waals surface area contributed by atoms with Gasteiger partial charge in [-0.3, -0.25) is 14.6 Å². The van der Waals surface area contributed by atoms with Crippen molar-refractivity contribution in [2.45, 2.75) is 25.9 Å². The fourth-order valence-corrected chi connectivity index (χ4v) is 3.08. The molecule has 1 heterocycles. The van der Waals surface area contributed by atoms with Crippen molar-refractivity contribution in [2.75, 3.05) is 6.61 Å². The summed E-state index contributed by atoms with van der Waals surface area (Å²) in [6.07, 6.45) is 3.44. The summed E-state index contributed by atoms with van der Waals surface area (Å²) in [4.78, 5) is 28.9. The van der Waals surface area contributed by atoms with Crippen LogP contribution in [0.4, 0.5) is 0 Å². The molecular formula is C24H25N3O3. The van der Waals surface area contributed by atoms with Crippen LogP contribution in [0.15, 0.2) is 73.1 Å². The third-order valence-electron chi connectivity index (χ3n) is 4.62. The molecule has 0 aliphatic heterocycles. The topological polar surface area (TPSA) is 91.3 Å². The van der Waals surface area contributed by atoms with Crippen LogP contribution in [0.2, 0.25) is 0 Å². The number of hydrogen-bond donors (Lipinski definition) is 3. The second kappa shape index (κ2) is 9.80. The molecule has 0 aliphatic carbocycles. The number of aromatic nitrogens is 1. The van der Waals surface area contributed by atoms with Gasteiger partial charge in [0.25, 0.3) is 11.8 Å². The molecule has 3 rings (SSSR count). The standard InChI is InChI=1S/C24H25N3O3/c1-16(2)26-24(30)21-5-3-4-20(14-21)22(15-28)27-23(29)19-8-6-17(7-9-19)18-10-12-25-13-11-18/h3-14,16,22,28H,15H2,1-2H3,(H,26,30)(H,27,29)/t22-/m1/s1. The smallest absolute Gasteiger partial charge is 0.251 e. The van der Waals surface area contributed by atoms with Crippen molar-refractivity contribution >= 4 is 11.8 Å². The molecule has 0 saturated heterocycles. The van der Waals surface area contributed by atoms with Crippen molar-refractivity contribution in [3.05, 3.63) is 89.7 Å². The first kappa shape index (κ1) is 21.2. The molecular weight excluding hydrogens is 378 g/mol. The molecule has 3 aromatic rings. The first-order valence-electron chi connectivity index (χ1n) is 9.81. The lowest BCUT2D eigenvalue weighted by molar-refractivity contribution is 0.0915. The van der Waals surface area contributed by atoms with Crippen molar-refractivity contribution in [2.24, 2.45) is 0 Å². The summed E-state index contributed by atoms with van der Waals surface area (Å²) in [5, 5.41) is 15.5. The number of amides is 2. The Hall–Kier alpha value is -3.51. The molecule has 1 atom stereocenters. The Kier molecular flexibility index (Phi) is 6.93. The van der Waals surface area contributed by atoms with Crippen LogP contribution in [0.3, 0.4) is 0 Å². The number of rotatable bonds is 7. The van der Waals surface area contributed by atoms with Crippen LogP contribution in [0.25, 0.3) is 11.1 Å². The third-order valence-corrected chi connectivity index (χ3v) is 4.62. The minimum Gasteiger partial charge on any atom is -0.394 e. The second-order valence-electron chi connectivity index (χ2n) is 7.28. The van der Waals surface area contributed by atoms with E-state index in [0.29, 0.717) is 16.7 Å². The van der Waals surface area contributed by atoms with Crippen molar-refractivity contribution < 1.29 is 14.7 Å². The van der Waals surface area contributed by atoms with E-state index in [-0.39, 0.29) is 24.5 Å². The van der Waals surface area contributed by atoms with E-state index in [1.807, 2.05) is 38.1 Å². The van der Waals surface area contributed by atoms with Crippen LogP contribution in [-0.2, 0) is 0 Å². The molecule has 0 bridgehead atoms. The van der Waals surface area contributed by atoms with Gasteiger partial charge < -0.3 is 15.7 Å². The first-order chi connectivity index (χ1) is 14.5. The number of pyridine rings is 1. The minimum absolute atomic E-state index is 0.0182. The average Bonchev–Trinajstić information content (AvgIpc) is 2.77. The summed E-state index contributed by atoms with van der Waals surface area (Å²) in [6.45, 7) is 3.49. The zero-order valence-electron chi connectivity index (χ0n) is 17.0. The molecule has 0 unspecified atom stereocenters. The maximum Gasteiger partial charge on any atom is 0.251 e. The van der Waals surface area contributed by atoms with Gasteiger partial charge >= 0.3 is 0 Å². The molecule has 3 N–H and O–H groups in total. The number of aliphatic hydroxyl groups excluding tert-OH is 1. The number of hydrogen-bond acceptors (Lipinski definition) is 4. The van der Waals surface area contributed by atoms with E-state index in [0.717, 1.165) is 11.1 Å². The molecule has 1 aromatic heterocycles. The van der Waals surface area contributed by atoms with Crippen LogP contribution < -0.4 is 10.6 Å². The van der Waals surface area contributed by atoms with Crippen molar-refractivity contribution in [1.29, 1.82) is 0 Å². The molecule has 0 saturated carbocycles. The number of benzene rings is 2. The third kappa shape index (κ3) is 5.30. The number of aliphatic hydroxyl groups is 1. The van der Waals surface area contributed by atoms with Gasteiger partial charge in [-0.05, 0) is 66.9 Å². The summed E-state index contributed by atoms with van der Waals surface area (Å²) in [5.74, 6) is -0.492. The normalized spacial score (nSPS) is 11.7. The maximum atomic E-state index is 12.7. The zero-order chi connectivity index (χ0) is 21.5. The Balaban J connectivity index is 1.73. The number of nitrogens with one attached hydrogen (secondary N) is 2. The Morgan fingerprint density at radius 3 is 2.13 bits per heavy atom. The van der Waals surface area contributed by atoms with E-state index in [9.17, 15) is 14.7 Å². The van der Waals surface area contributed by atoms with Crippen LogP contribution in [0.1, 0.15) is 46.2 Å². The average molecular weight is 403 g/mol. The fraction of sp³-hybridized carbons (Fsp3) is 0.208. The summed E-state index contributed by atoms with van der Waals surface area (Å²) in [7, 11) is 0. The van der Waals surface area contributed by atoms with Gasteiger partial charge in [-0.25, -0.2) is 0 Å². The number of carbonyl (C=O) groups excluding carboxylic acids is 2. The molecule has 2 aromatic carbocycles. The quantitative estimate of drug-likeness (QED) is 0.564. The van der Waals surface area contributed by atoms with Crippen LogP contribution in [0, 0.1) is 0 Å². The SMILES string of the molecule is CC(C)NC(=O)c1cccc([C@@H](CO)NC(=O)c2ccc(-c3ccncc3)cc2)c1. The van der Waals surface area contributed by atoms with Gasteiger partial charge in [-0.15, -0.1) is 0 Å². The van der Waals surface area contributed by atoms with Gasteiger partial charge in [-0.1, -0.05) is 24.3 Å². The highest BCUT2D eigenvalue weighted by molar-refractivity contribution is 5.96. The Morgan fingerprint density at radius 1 is 0.867 bits per heavy atom. The van der Waals surface area contributed by atoms with Crippen molar-refractivity contribution in [3.8, 4) is 11.1 Å². The summed E-state index contributed by atoms with van der Waals surface area (Å²) in [5.41, 5.74) is 3.63. The second-order valence-corrected chi connectivity index (χ2v) is 7.28. The summed E-state index contributed by atoms with van der Waals surface area (Å²) >= 11 is 0. The molecule has 0 spiro atoms. The molecule has 6 nitrogen and oxygen atoms in total. The molecule has 0 radical (unpaired) electrons. The predicted octanol–water partition coefficient (Wildman–Crippen LogP) is 3.35. The van der Waals surface area contributed by atoms with Crippen LogP contribution >= 0.6 is 0 Å². The van der Waals surface area contributed by atoms with Gasteiger partial charge in [0.15, 0.2) is 0 Å². The monoisotopic (exact) mass is 403 g/mol. The Labute approximate surface area is 176 Å². The van der Waals surface area contributed by atoms with Crippen LogP contribution in [0.5, 0.6) is 0 Å². The van der Waals surface area contributed by atoms with Gasteiger partial charge in [0.05, 0.1) is 12.6 Å². The first-order valence-corrected chi connectivity index (χ1v) is 9.81. The van der Waals surface area contributed by atoms with Gasteiger partial charge in [-0.2, -0.15) is 0 Å². The largest absolute Gasteiger partial charge is 0.394 e. The predicted molar refractivity (Wildman–Crippen MR) is 116 cm³/mol. The molecule has 30 heavy (non-hydrogen) atoms.